The number of rotatable bonds is 10. The third kappa shape index (κ3) is 8.56. The van der Waals surface area contributed by atoms with Crippen molar-refractivity contribution in [1.82, 2.24) is 0 Å². The number of hydrogen-bond donors (Lipinski definition) is 2. The normalized spacial score (nSPS) is 30.4. The minimum Gasteiger partial charge on any atom is -0.480 e. The smallest absolute Gasteiger partial charge is 0.348 e. The third-order valence-corrected chi connectivity index (χ3v) is 8.22. The summed E-state index contributed by atoms with van der Waals surface area (Å²) in [5.41, 5.74) is -1.40. The van der Waals surface area contributed by atoms with Crippen LogP contribution in [0.3, 0.4) is 0 Å². The summed E-state index contributed by atoms with van der Waals surface area (Å²) < 4.78 is 52.5. The molecule has 2 saturated heterocycles. The summed E-state index contributed by atoms with van der Waals surface area (Å²) >= 11 is 0. The summed E-state index contributed by atoms with van der Waals surface area (Å²) in [6, 6.07) is 0. The van der Waals surface area contributed by atoms with Crippen molar-refractivity contribution < 1.29 is 86.3 Å². The Labute approximate surface area is 307 Å². The third-order valence-electron chi connectivity index (χ3n) is 8.22. The van der Waals surface area contributed by atoms with Crippen LogP contribution in [0.25, 0.3) is 0 Å². The maximum absolute atomic E-state index is 12.8. The zero-order valence-electron chi connectivity index (χ0n) is 29.4. The number of carbonyl (C=O) groups excluding carboxylic acids is 6. The predicted molar refractivity (Wildman–Crippen MR) is 175 cm³/mol. The molecule has 0 bridgehead atoms. The number of carbonyl (C=O) groups is 6. The fourth-order valence-electron chi connectivity index (χ4n) is 5.69. The average molecular weight is 757 g/mol. The summed E-state index contributed by atoms with van der Waals surface area (Å²) in [5, 5.41) is 20.2. The average Bonchev–Trinajstić information content (AvgIpc) is 3.06. The van der Waals surface area contributed by atoms with Crippen molar-refractivity contribution in [3.8, 4) is 0 Å². The standard InChI is InChI=1S/C36H36O18/c1-33(19-45-3)47-25(37)21(26(38)48-33)11-7-5-9-13-23-29(41)51-35(52-30(23)42)15-17-36(18-16-35)53-31(43)24(32(44)54-36)14-10-6-8-12-22-27(39)49-34(2,20-46-4)50-28(22)40/h5-14,37,39H,15-20H2,1-4H3/b9-5+,10-6+,11-7+,12-8+,23-13?,24-14?. The van der Waals surface area contributed by atoms with E-state index in [-0.39, 0.29) is 50.0 Å². The highest BCUT2D eigenvalue weighted by Gasteiger charge is 2.56. The Morgan fingerprint density at radius 1 is 0.500 bits per heavy atom. The molecule has 4 heterocycles. The van der Waals surface area contributed by atoms with E-state index in [1.807, 2.05) is 0 Å². The van der Waals surface area contributed by atoms with E-state index in [1.165, 1.54) is 76.7 Å². The minimum atomic E-state index is -1.69. The number of aliphatic hydroxyl groups excluding tert-OH is 2. The van der Waals surface area contributed by atoms with Crippen LogP contribution in [0.1, 0.15) is 39.5 Å². The summed E-state index contributed by atoms with van der Waals surface area (Å²) in [6.07, 6.45) is 12.0. The second-order valence-electron chi connectivity index (χ2n) is 12.6. The van der Waals surface area contributed by atoms with Crippen molar-refractivity contribution in [2.75, 3.05) is 27.4 Å². The second kappa shape index (κ2) is 15.5. The van der Waals surface area contributed by atoms with Crippen LogP contribution in [-0.4, -0.2) is 96.6 Å². The first kappa shape index (κ1) is 39.1. The summed E-state index contributed by atoms with van der Waals surface area (Å²) in [6.45, 7) is 2.58. The van der Waals surface area contributed by atoms with Gasteiger partial charge in [-0.25, -0.2) is 28.8 Å². The van der Waals surface area contributed by atoms with Crippen LogP contribution in [0, 0.1) is 0 Å². The lowest BCUT2D eigenvalue weighted by atomic mass is 9.87. The van der Waals surface area contributed by atoms with Gasteiger partial charge in [-0.1, -0.05) is 36.5 Å². The lowest BCUT2D eigenvalue weighted by molar-refractivity contribution is -0.291. The molecule has 18 heteroatoms. The molecule has 2 N–H and O–H groups in total. The first-order chi connectivity index (χ1) is 25.5. The van der Waals surface area contributed by atoms with Crippen LogP contribution in [0.2, 0.25) is 0 Å². The molecular weight excluding hydrogens is 720 g/mol. The van der Waals surface area contributed by atoms with Gasteiger partial charge in [-0.2, -0.15) is 0 Å². The lowest BCUT2D eigenvalue weighted by Crippen LogP contribution is -2.56. The van der Waals surface area contributed by atoms with Gasteiger partial charge in [-0.3, -0.25) is 0 Å². The van der Waals surface area contributed by atoms with E-state index in [2.05, 4.69) is 0 Å². The van der Waals surface area contributed by atoms with Crippen LogP contribution in [0.4, 0.5) is 0 Å². The summed E-state index contributed by atoms with van der Waals surface area (Å²) in [5.74, 6) is -13.3. The zero-order chi connectivity index (χ0) is 39.3. The minimum absolute atomic E-state index is 0.121. The molecule has 3 fully saturated rings. The van der Waals surface area contributed by atoms with E-state index in [0.717, 1.165) is 12.2 Å². The maximum atomic E-state index is 12.8. The van der Waals surface area contributed by atoms with Crippen LogP contribution in [0.15, 0.2) is 94.9 Å². The van der Waals surface area contributed by atoms with E-state index in [1.54, 1.807) is 0 Å². The van der Waals surface area contributed by atoms with Crippen molar-refractivity contribution in [1.29, 1.82) is 0 Å². The van der Waals surface area contributed by atoms with Crippen LogP contribution >= 0.6 is 0 Å². The van der Waals surface area contributed by atoms with E-state index in [4.69, 9.17) is 47.4 Å². The quantitative estimate of drug-likeness (QED) is 0.107. The molecule has 2 unspecified atom stereocenters. The first-order valence-corrected chi connectivity index (χ1v) is 16.3. The first-order valence-electron chi connectivity index (χ1n) is 16.3. The molecule has 1 saturated carbocycles. The molecule has 5 aliphatic rings. The Morgan fingerprint density at radius 3 is 1.13 bits per heavy atom. The molecule has 54 heavy (non-hydrogen) atoms. The highest BCUT2D eigenvalue weighted by molar-refractivity contribution is 6.16. The molecule has 1 aliphatic carbocycles. The number of allylic oxidation sites excluding steroid dienone is 8. The van der Waals surface area contributed by atoms with E-state index in [0.29, 0.717) is 0 Å². The molecule has 288 valence electrons. The Morgan fingerprint density at radius 2 is 0.833 bits per heavy atom. The van der Waals surface area contributed by atoms with Gasteiger partial charge in [0.2, 0.25) is 0 Å². The number of cyclic esters (lactones) is 2. The number of methoxy groups -OCH3 is 2. The predicted octanol–water partition coefficient (Wildman–Crippen LogP) is 2.64. The van der Waals surface area contributed by atoms with Crippen LogP contribution in [0.5, 0.6) is 0 Å². The van der Waals surface area contributed by atoms with Gasteiger partial charge in [-0.05, 0) is 24.3 Å². The van der Waals surface area contributed by atoms with E-state index < -0.39 is 82.0 Å². The monoisotopic (exact) mass is 756 g/mol. The van der Waals surface area contributed by atoms with Gasteiger partial charge in [0.1, 0.15) is 35.5 Å². The second-order valence-corrected chi connectivity index (χ2v) is 12.6. The van der Waals surface area contributed by atoms with Gasteiger partial charge < -0.3 is 57.6 Å². The van der Waals surface area contributed by atoms with Crippen molar-refractivity contribution in [2.45, 2.75) is 62.7 Å². The van der Waals surface area contributed by atoms with Crippen LogP contribution < -0.4 is 0 Å². The molecule has 0 aromatic carbocycles. The number of ether oxygens (including phenoxy) is 10. The van der Waals surface area contributed by atoms with Gasteiger partial charge >= 0.3 is 35.8 Å². The van der Waals surface area contributed by atoms with Gasteiger partial charge in [0.15, 0.2) is 0 Å². The fourth-order valence-corrected chi connectivity index (χ4v) is 5.69. The molecular formula is C36H36O18. The highest BCUT2D eigenvalue weighted by atomic mass is 16.8. The highest BCUT2D eigenvalue weighted by Crippen LogP contribution is 2.45. The van der Waals surface area contributed by atoms with Crippen molar-refractivity contribution in [2.24, 2.45) is 0 Å². The largest absolute Gasteiger partial charge is 0.480 e. The van der Waals surface area contributed by atoms with E-state index >= 15 is 0 Å². The number of esters is 6. The van der Waals surface area contributed by atoms with Crippen molar-refractivity contribution in [3.63, 3.8) is 0 Å². The Balaban J connectivity index is 1.13. The zero-order valence-corrected chi connectivity index (χ0v) is 29.4. The fraction of sp³-hybridized carbons (Fsp3) is 0.389. The SMILES string of the molecule is COCC1(C)OC(=O)C(/C=C/C=C/C=C2C(=O)OC3(CCC4(CC3)OC(=O)C(=C/C=C/C=C/C3=C(O)OC(C)(COC)OC3=O)C(=O)O4)OC2=O)=C(O)O1. The molecule has 0 amide bonds. The van der Waals surface area contributed by atoms with Gasteiger partial charge in [0, 0.05) is 53.8 Å². The Hall–Kier alpha value is -6.14. The lowest BCUT2D eigenvalue weighted by Gasteiger charge is -2.45. The summed E-state index contributed by atoms with van der Waals surface area (Å²) in [7, 11) is 2.74. The molecule has 2 spiro atoms. The Kier molecular flexibility index (Phi) is 11.2. The molecule has 0 aromatic rings. The van der Waals surface area contributed by atoms with Crippen LogP contribution in [-0.2, 0) is 76.1 Å². The van der Waals surface area contributed by atoms with Gasteiger partial charge in [0.25, 0.3) is 35.0 Å². The van der Waals surface area contributed by atoms with Crippen molar-refractivity contribution in [3.05, 3.63) is 94.9 Å². The number of hydrogen-bond acceptors (Lipinski definition) is 18. The Bertz CT molecular complexity index is 1690. The number of aliphatic hydroxyl groups is 2. The molecule has 5 rings (SSSR count). The summed E-state index contributed by atoms with van der Waals surface area (Å²) in [4.78, 5) is 75.8. The van der Waals surface area contributed by atoms with Crippen molar-refractivity contribution >= 4 is 35.8 Å². The molecule has 0 aromatic heterocycles. The topological polar surface area (TPSA) is 235 Å². The maximum Gasteiger partial charge on any atom is 0.348 e. The van der Waals surface area contributed by atoms with E-state index in [9.17, 15) is 39.0 Å². The molecule has 4 aliphatic heterocycles. The molecule has 2 atom stereocenters. The van der Waals surface area contributed by atoms with Gasteiger partial charge in [0.05, 0.1) is 0 Å². The van der Waals surface area contributed by atoms with Gasteiger partial charge in [-0.15, -0.1) is 0 Å². The molecule has 18 nitrogen and oxygen atoms in total. The molecule has 0 radical (unpaired) electrons.